The van der Waals surface area contributed by atoms with E-state index in [1.54, 1.807) is 29.0 Å². The van der Waals surface area contributed by atoms with E-state index < -0.39 is 0 Å². The molecule has 0 saturated carbocycles. The Kier molecular flexibility index (Phi) is 5.15. The Balaban J connectivity index is 1.54. The topological polar surface area (TPSA) is 66.1 Å². The monoisotopic (exact) mass is 422 g/mol. The highest BCUT2D eigenvalue weighted by Gasteiger charge is 2.41. The highest BCUT2D eigenvalue weighted by Crippen LogP contribution is 2.26. The zero-order chi connectivity index (χ0) is 22.1. The number of carbonyl (C=O) groups is 1. The van der Waals surface area contributed by atoms with E-state index in [1.165, 1.54) is 5.56 Å². The van der Waals surface area contributed by atoms with E-state index in [0.29, 0.717) is 18.5 Å². The fraction of sp³-hybridized carbons (Fsp3) is 0.148. The average molecular weight is 423 g/mol. The summed E-state index contributed by atoms with van der Waals surface area (Å²) in [5, 5.41) is 13.4. The molecule has 3 aromatic carbocycles. The minimum absolute atomic E-state index is 0.00121. The van der Waals surface area contributed by atoms with Gasteiger partial charge in [0.05, 0.1) is 0 Å². The number of carbonyl (C=O) groups excluding carboxylic acids is 1. The van der Waals surface area contributed by atoms with Gasteiger partial charge in [-0.25, -0.2) is 9.78 Å². The molecule has 0 fully saturated rings. The molecule has 1 aliphatic heterocycles. The molecular formula is C27H24N3O2+. The molecule has 5 nitrogen and oxygen atoms in total. The second kappa shape index (κ2) is 8.27. The van der Waals surface area contributed by atoms with Crippen molar-refractivity contribution in [2.45, 2.75) is 25.8 Å². The lowest BCUT2D eigenvalue weighted by atomic mass is 10.0. The van der Waals surface area contributed by atoms with E-state index in [9.17, 15) is 9.90 Å². The molecule has 32 heavy (non-hydrogen) atoms. The van der Waals surface area contributed by atoms with Gasteiger partial charge in [0, 0.05) is 18.4 Å². The van der Waals surface area contributed by atoms with Crippen molar-refractivity contribution < 1.29 is 14.5 Å². The first-order valence-electron chi connectivity index (χ1n) is 10.7. The van der Waals surface area contributed by atoms with Gasteiger partial charge < -0.3 is 5.11 Å². The van der Waals surface area contributed by atoms with Gasteiger partial charge in [-0.05, 0) is 30.2 Å². The number of aromatic nitrogens is 2. The molecule has 0 saturated heterocycles. The van der Waals surface area contributed by atoms with Crippen molar-refractivity contribution in [3.63, 3.8) is 0 Å². The number of rotatable bonds is 5. The number of benzene rings is 3. The van der Waals surface area contributed by atoms with Gasteiger partial charge in [-0.15, -0.1) is 0 Å². The fourth-order valence-corrected chi connectivity index (χ4v) is 4.09. The standard InChI is InChI=1S/C27H23N3O2/c1-18-10-12-20(13-11-18)15-24-27(32)30-17-25(21-8-5-9-22(31)16-21)28-23(26(30)29-24)14-19-6-3-2-4-7-19/h2-13,16-17,24,31H,14-15H2,1H3/p+1. The van der Waals surface area contributed by atoms with E-state index in [1.807, 2.05) is 24.3 Å². The van der Waals surface area contributed by atoms with Crippen LogP contribution in [0.4, 0.5) is 5.82 Å². The van der Waals surface area contributed by atoms with Crippen molar-refractivity contribution in [2.75, 3.05) is 5.32 Å². The molecule has 0 radical (unpaired) electrons. The van der Waals surface area contributed by atoms with Crippen LogP contribution in [0, 0.1) is 6.92 Å². The number of phenolic OH excluding ortho intramolecular Hbond substituents is 1. The van der Waals surface area contributed by atoms with Crippen molar-refractivity contribution in [2.24, 2.45) is 0 Å². The maximum atomic E-state index is 13.3. The molecule has 1 aromatic heterocycles. The lowest BCUT2D eigenvalue weighted by molar-refractivity contribution is -0.552. The van der Waals surface area contributed by atoms with Crippen molar-refractivity contribution in [1.82, 2.24) is 4.98 Å². The summed E-state index contributed by atoms with van der Waals surface area (Å²) in [5.74, 6) is 0.902. The minimum Gasteiger partial charge on any atom is -0.508 e. The van der Waals surface area contributed by atoms with Crippen LogP contribution in [0.25, 0.3) is 11.3 Å². The Bertz CT molecular complexity index is 1280. The smallest absolute Gasteiger partial charge is 0.359 e. The molecule has 2 heterocycles. The van der Waals surface area contributed by atoms with Crippen LogP contribution in [0.1, 0.15) is 27.2 Å². The van der Waals surface area contributed by atoms with E-state index in [4.69, 9.17) is 4.98 Å². The molecule has 1 aliphatic rings. The summed E-state index contributed by atoms with van der Waals surface area (Å²) in [6, 6.07) is 25.0. The largest absolute Gasteiger partial charge is 0.508 e. The molecule has 2 N–H and O–H groups in total. The summed E-state index contributed by atoms with van der Waals surface area (Å²) < 4.78 is 1.68. The van der Waals surface area contributed by atoms with Crippen LogP contribution >= 0.6 is 0 Å². The van der Waals surface area contributed by atoms with E-state index in [2.05, 4.69) is 48.6 Å². The first-order valence-corrected chi connectivity index (χ1v) is 10.7. The molecular weight excluding hydrogens is 398 g/mol. The van der Waals surface area contributed by atoms with Gasteiger partial charge >= 0.3 is 11.7 Å². The Labute approximate surface area is 187 Å². The lowest BCUT2D eigenvalue weighted by Crippen LogP contribution is -2.44. The number of aryl methyl sites for hydroxylation is 1. The van der Waals surface area contributed by atoms with Crippen LogP contribution in [-0.4, -0.2) is 22.0 Å². The third-order valence-corrected chi connectivity index (χ3v) is 5.78. The SMILES string of the molecule is Cc1ccc(CC2Nc3c(Cc4ccccc4)nc(-c4cccc(O)c4)c[n+]3C2=O)cc1. The number of nitrogens with one attached hydrogen (secondary N) is 1. The third-order valence-electron chi connectivity index (χ3n) is 5.78. The summed E-state index contributed by atoms with van der Waals surface area (Å²) in [5.41, 5.74) is 5.65. The van der Waals surface area contributed by atoms with Crippen molar-refractivity contribution in [3.05, 3.63) is 107 Å². The second-order valence-electron chi connectivity index (χ2n) is 8.23. The highest BCUT2D eigenvalue weighted by molar-refractivity contribution is 5.82. The Morgan fingerprint density at radius 3 is 2.50 bits per heavy atom. The molecule has 5 heteroatoms. The van der Waals surface area contributed by atoms with Gasteiger partial charge in [-0.2, -0.15) is 4.57 Å². The average Bonchev–Trinajstić information content (AvgIpc) is 3.12. The van der Waals surface area contributed by atoms with Gasteiger partial charge in [-0.1, -0.05) is 72.3 Å². The van der Waals surface area contributed by atoms with Crippen LogP contribution in [-0.2, 0) is 12.8 Å². The molecule has 5 rings (SSSR count). The molecule has 4 aromatic rings. The minimum atomic E-state index is -0.353. The van der Waals surface area contributed by atoms with E-state index in [0.717, 1.165) is 28.2 Å². The lowest BCUT2D eigenvalue weighted by Gasteiger charge is -2.07. The first kappa shape index (κ1) is 19.9. The zero-order valence-electron chi connectivity index (χ0n) is 17.8. The predicted molar refractivity (Wildman–Crippen MR) is 124 cm³/mol. The van der Waals surface area contributed by atoms with Gasteiger partial charge in [0.15, 0.2) is 6.04 Å². The molecule has 0 spiro atoms. The number of phenols is 1. The van der Waals surface area contributed by atoms with Gasteiger partial charge in [0.25, 0.3) is 0 Å². The summed E-state index contributed by atoms with van der Waals surface area (Å²) in [7, 11) is 0. The molecule has 158 valence electrons. The number of fused-ring (bicyclic) bond motifs is 1. The summed E-state index contributed by atoms with van der Waals surface area (Å²) >= 11 is 0. The molecule has 1 atom stereocenters. The van der Waals surface area contributed by atoms with Crippen LogP contribution in [0.3, 0.4) is 0 Å². The van der Waals surface area contributed by atoms with Gasteiger partial charge in [0.1, 0.15) is 23.3 Å². The second-order valence-corrected chi connectivity index (χ2v) is 8.23. The summed E-state index contributed by atoms with van der Waals surface area (Å²) in [6.45, 7) is 2.05. The van der Waals surface area contributed by atoms with E-state index >= 15 is 0 Å². The predicted octanol–water partition coefficient (Wildman–Crippen LogP) is 4.32. The number of hydrogen-bond acceptors (Lipinski definition) is 4. The first-order chi connectivity index (χ1) is 15.6. The highest BCUT2D eigenvalue weighted by atomic mass is 16.3. The van der Waals surface area contributed by atoms with Gasteiger partial charge in [0.2, 0.25) is 0 Å². The van der Waals surface area contributed by atoms with Gasteiger partial charge in [-0.3, -0.25) is 5.32 Å². The summed E-state index contributed by atoms with van der Waals surface area (Å²) in [4.78, 5) is 18.2. The van der Waals surface area contributed by atoms with Crippen molar-refractivity contribution >= 4 is 11.7 Å². The quantitative estimate of drug-likeness (QED) is 0.470. The Morgan fingerprint density at radius 1 is 0.969 bits per heavy atom. The fourth-order valence-electron chi connectivity index (χ4n) is 4.09. The van der Waals surface area contributed by atoms with Crippen molar-refractivity contribution in [1.29, 1.82) is 0 Å². The number of hydrogen-bond donors (Lipinski definition) is 2. The third kappa shape index (κ3) is 3.97. The number of aromatic hydroxyl groups is 1. The number of nitrogens with zero attached hydrogens (tertiary/aromatic N) is 2. The Hall–Kier alpha value is -3.99. The zero-order valence-corrected chi connectivity index (χ0v) is 17.8. The molecule has 0 aliphatic carbocycles. The number of anilines is 1. The van der Waals surface area contributed by atoms with Crippen LogP contribution in [0.15, 0.2) is 85.1 Å². The van der Waals surface area contributed by atoms with Crippen LogP contribution in [0.5, 0.6) is 5.75 Å². The maximum Gasteiger partial charge on any atom is 0.359 e. The van der Waals surface area contributed by atoms with Crippen LogP contribution < -0.4 is 9.88 Å². The molecule has 1 unspecified atom stereocenters. The van der Waals surface area contributed by atoms with E-state index in [-0.39, 0.29) is 17.7 Å². The van der Waals surface area contributed by atoms with Crippen LogP contribution in [0.2, 0.25) is 0 Å². The normalized spacial score (nSPS) is 14.8. The molecule has 0 amide bonds. The Morgan fingerprint density at radius 2 is 1.75 bits per heavy atom. The summed E-state index contributed by atoms with van der Waals surface area (Å²) in [6.07, 6.45) is 2.97. The molecule has 0 bridgehead atoms. The maximum absolute atomic E-state index is 13.3. The van der Waals surface area contributed by atoms with Crippen molar-refractivity contribution in [3.8, 4) is 17.0 Å².